The summed E-state index contributed by atoms with van der Waals surface area (Å²) in [4.78, 5) is 23.3. The van der Waals surface area contributed by atoms with Crippen LogP contribution in [0.25, 0.3) is 0 Å². The summed E-state index contributed by atoms with van der Waals surface area (Å²) in [5, 5.41) is 0.450. The number of nitrogens with zero attached hydrogens (tertiary/aromatic N) is 1. The van der Waals surface area contributed by atoms with Crippen LogP contribution in [-0.4, -0.2) is 17.6 Å². The van der Waals surface area contributed by atoms with E-state index < -0.39 is 5.97 Å². The minimum absolute atomic E-state index is 0.0247. The first-order chi connectivity index (χ1) is 10.0. The Morgan fingerprint density at radius 1 is 1.29 bits per heavy atom. The first-order valence-corrected chi connectivity index (χ1v) is 6.55. The van der Waals surface area contributed by atoms with Crippen LogP contribution >= 0.6 is 11.6 Å². The van der Waals surface area contributed by atoms with Crippen molar-refractivity contribution in [1.82, 2.24) is 4.57 Å². The molecule has 0 aliphatic heterocycles. The quantitative estimate of drug-likeness (QED) is 0.814. The molecular weight excluding hydrogens is 294 g/mol. The van der Waals surface area contributed by atoms with Crippen molar-refractivity contribution in [3.05, 3.63) is 63.0 Å². The highest BCUT2D eigenvalue weighted by molar-refractivity contribution is 6.31. The van der Waals surface area contributed by atoms with Gasteiger partial charge in [-0.05, 0) is 18.2 Å². The number of methoxy groups -OCH3 is 1. The molecule has 2 rings (SSSR count). The van der Waals surface area contributed by atoms with E-state index in [1.807, 2.05) is 0 Å². The van der Waals surface area contributed by atoms with E-state index in [4.69, 9.17) is 21.1 Å². The van der Waals surface area contributed by atoms with Gasteiger partial charge >= 0.3 is 5.97 Å². The van der Waals surface area contributed by atoms with Crippen molar-refractivity contribution >= 4 is 17.6 Å². The van der Waals surface area contributed by atoms with Gasteiger partial charge in [0.2, 0.25) is 0 Å². The number of aryl methyl sites for hydroxylation is 1. The van der Waals surface area contributed by atoms with Crippen LogP contribution < -0.4 is 10.3 Å². The molecule has 0 aliphatic rings. The molecule has 1 aromatic carbocycles. The van der Waals surface area contributed by atoms with E-state index in [1.165, 1.54) is 22.9 Å². The molecule has 0 radical (unpaired) electrons. The third-order valence-corrected chi connectivity index (χ3v) is 3.31. The number of benzene rings is 1. The summed E-state index contributed by atoms with van der Waals surface area (Å²) < 4.78 is 11.6. The highest BCUT2D eigenvalue weighted by Gasteiger charge is 2.10. The molecule has 0 fully saturated rings. The van der Waals surface area contributed by atoms with E-state index in [0.717, 1.165) is 0 Å². The van der Waals surface area contributed by atoms with Crippen molar-refractivity contribution < 1.29 is 14.3 Å². The van der Waals surface area contributed by atoms with Gasteiger partial charge in [0.15, 0.2) is 0 Å². The number of aromatic nitrogens is 1. The van der Waals surface area contributed by atoms with Gasteiger partial charge < -0.3 is 14.0 Å². The van der Waals surface area contributed by atoms with Crippen molar-refractivity contribution in [1.29, 1.82) is 0 Å². The van der Waals surface area contributed by atoms with Crippen LogP contribution in [0.15, 0.2) is 41.3 Å². The maximum Gasteiger partial charge on any atom is 0.338 e. The lowest BCUT2D eigenvalue weighted by molar-refractivity contribution is 0.0472. The number of ether oxygens (including phenoxy) is 2. The van der Waals surface area contributed by atoms with E-state index in [0.29, 0.717) is 16.3 Å². The predicted octanol–water partition coefficient (Wildman–Crippen LogP) is 2.40. The molecule has 0 atom stereocenters. The lowest BCUT2D eigenvalue weighted by Gasteiger charge is -2.08. The SMILES string of the molecule is COc1ccc(COC(=O)c2ccn(C)c(=O)c2)c(Cl)c1. The summed E-state index contributed by atoms with van der Waals surface area (Å²) in [7, 11) is 3.15. The predicted molar refractivity (Wildman–Crippen MR) is 78.8 cm³/mol. The summed E-state index contributed by atoms with van der Waals surface area (Å²) in [6.45, 7) is 0.0247. The third-order valence-electron chi connectivity index (χ3n) is 2.96. The second-order valence-corrected chi connectivity index (χ2v) is 4.81. The zero-order chi connectivity index (χ0) is 15.4. The zero-order valence-electron chi connectivity index (χ0n) is 11.6. The van der Waals surface area contributed by atoms with Crippen LogP contribution in [-0.2, 0) is 18.4 Å². The summed E-state index contributed by atoms with van der Waals surface area (Å²) in [6.07, 6.45) is 1.51. The largest absolute Gasteiger partial charge is 0.497 e. The Morgan fingerprint density at radius 2 is 2.05 bits per heavy atom. The average molecular weight is 308 g/mol. The number of carbonyl (C=O) groups excluding carboxylic acids is 1. The lowest BCUT2D eigenvalue weighted by atomic mass is 10.2. The standard InChI is InChI=1S/C15H14ClNO4/c1-17-6-5-10(7-14(17)18)15(19)21-9-11-3-4-12(20-2)8-13(11)16/h3-8H,9H2,1-2H3. The summed E-state index contributed by atoms with van der Waals surface area (Å²) >= 11 is 6.06. The summed E-state index contributed by atoms with van der Waals surface area (Å²) in [5.41, 5.74) is 0.601. The molecule has 1 aromatic heterocycles. The van der Waals surface area contributed by atoms with Crippen LogP contribution in [0.2, 0.25) is 5.02 Å². The van der Waals surface area contributed by atoms with Gasteiger partial charge in [0, 0.05) is 24.9 Å². The van der Waals surface area contributed by atoms with Gasteiger partial charge in [0.1, 0.15) is 12.4 Å². The smallest absolute Gasteiger partial charge is 0.338 e. The Bertz CT molecular complexity index is 724. The molecule has 0 bridgehead atoms. The molecule has 0 N–H and O–H groups in total. The van der Waals surface area contributed by atoms with E-state index in [-0.39, 0.29) is 17.7 Å². The van der Waals surface area contributed by atoms with Gasteiger partial charge in [0.05, 0.1) is 17.7 Å². The van der Waals surface area contributed by atoms with Gasteiger partial charge in [-0.25, -0.2) is 4.79 Å². The van der Waals surface area contributed by atoms with Crippen LogP contribution in [0, 0.1) is 0 Å². The van der Waals surface area contributed by atoms with E-state index >= 15 is 0 Å². The topological polar surface area (TPSA) is 57.5 Å². The Labute approximate surface area is 126 Å². The number of esters is 1. The number of hydrogen-bond donors (Lipinski definition) is 0. The number of hydrogen-bond acceptors (Lipinski definition) is 4. The Balaban J connectivity index is 2.07. The fourth-order valence-electron chi connectivity index (χ4n) is 1.67. The molecule has 21 heavy (non-hydrogen) atoms. The maximum atomic E-state index is 11.9. The number of halogens is 1. The highest BCUT2D eigenvalue weighted by atomic mass is 35.5. The van der Waals surface area contributed by atoms with Gasteiger partial charge in [-0.15, -0.1) is 0 Å². The molecule has 0 spiro atoms. The second-order valence-electron chi connectivity index (χ2n) is 4.40. The average Bonchev–Trinajstić information content (AvgIpc) is 2.48. The monoisotopic (exact) mass is 307 g/mol. The zero-order valence-corrected chi connectivity index (χ0v) is 12.4. The molecule has 0 unspecified atom stereocenters. The molecule has 5 nitrogen and oxygen atoms in total. The Hall–Kier alpha value is -2.27. The van der Waals surface area contributed by atoms with Crippen molar-refractivity contribution in [3.63, 3.8) is 0 Å². The van der Waals surface area contributed by atoms with Crippen LogP contribution in [0.1, 0.15) is 15.9 Å². The maximum absolute atomic E-state index is 11.9. The number of rotatable bonds is 4. The van der Waals surface area contributed by atoms with Crippen molar-refractivity contribution in [2.75, 3.05) is 7.11 Å². The number of pyridine rings is 1. The first-order valence-electron chi connectivity index (χ1n) is 6.17. The van der Waals surface area contributed by atoms with E-state index in [1.54, 1.807) is 32.4 Å². The Morgan fingerprint density at radius 3 is 2.67 bits per heavy atom. The molecule has 0 aliphatic carbocycles. The molecule has 6 heteroatoms. The van der Waals surface area contributed by atoms with Crippen molar-refractivity contribution in [3.8, 4) is 5.75 Å². The summed E-state index contributed by atoms with van der Waals surface area (Å²) in [5.74, 6) is 0.0567. The van der Waals surface area contributed by atoms with Crippen molar-refractivity contribution in [2.45, 2.75) is 6.61 Å². The van der Waals surface area contributed by atoms with Crippen LogP contribution in [0.3, 0.4) is 0 Å². The third kappa shape index (κ3) is 3.64. The minimum atomic E-state index is -0.570. The molecule has 0 saturated heterocycles. The van der Waals surface area contributed by atoms with Crippen LogP contribution in [0.4, 0.5) is 0 Å². The van der Waals surface area contributed by atoms with E-state index in [2.05, 4.69) is 0 Å². The molecule has 2 aromatic rings. The highest BCUT2D eigenvalue weighted by Crippen LogP contribution is 2.23. The van der Waals surface area contributed by atoms with Crippen LogP contribution in [0.5, 0.6) is 5.75 Å². The fourth-order valence-corrected chi connectivity index (χ4v) is 1.90. The lowest BCUT2D eigenvalue weighted by Crippen LogP contribution is -2.17. The van der Waals surface area contributed by atoms with E-state index in [9.17, 15) is 9.59 Å². The number of carbonyl (C=O) groups is 1. The Kier molecular flexibility index (Phi) is 4.65. The molecule has 0 amide bonds. The molecule has 1 heterocycles. The van der Waals surface area contributed by atoms with Crippen molar-refractivity contribution in [2.24, 2.45) is 7.05 Å². The molecule has 0 saturated carbocycles. The normalized spacial score (nSPS) is 10.2. The molecular formula is C15H14ClNO4. The van der Waals surface area contributed by atoms with Gasteiger partial charge in [-0.3, -0.25) is 4.79 Å². The fraction of sp³-hybridized carbons (Fsp3) is 0.200. The van der Waals surface area contributed by atoms with Gasteiger partial charge in [0.25, 0.3) is 5.56 Å². The molecule has 110 valence electrons. The van der Waals surface area contributed by atoms with Gasteiger partial charge in [-0.2, -0.15) is 0 Å². The second kappa shape index (κ2) is 6.45. The van der Waals surface area contributed by atoms with Gasteiger partial charge in [-0.1, -0.05) is 17.7 Å². The summed E-state index contributed by atoms with van der Waals surface area (Å²) in [6, 6.07) is 7.85. The first kappa shape index (κ1) is 15.1. The minimum Gasteiger partial charge on any atom is -0.497 e.